The molecule has 0 radical (unpaired) electrons. The van der Waals surface area contributed by atoms with E-state index in [1.807, 2.05) is 0 Å². The van der Waals surface area contributed by atoms with E-state index in [4.69, 9.17) is 5.11 Å². The number of carboxylic acids is 1. The molecule has 0 atom stereocenters. The van der Waals surface area contributed by atoms with Crippen LogP contribution in [0.2, 0.25) is 0 Å². The molecule has 0 fully saturated rings. The number of halogens is 1. The first kappa shape index (κ1) is 15.4. The van der Waals surface area contributed by atoms with E-state index in [-0.39, 0.29) is 0 Å². The van der Waals surface area contributed by atoms with Crippen LogP contribution in [0.4, 0.5) is 10.1 Å². The number of hydrogen-bond donors (Lipinski definition) is 2. The molecule has 0 heterocycles. The van der Waals surface area contributed by atoms with Crippen molar-refractivity contribution in [3.05, 3.63) is 29.6 Å². The summed E-state index contributed by atoms with van der Waals surface area (Å²) in [7, 11) is -8.28. The minimum absolute atomic E-state index is 0.614. The van der Waals surface area contributed by atoms with Crippen molar-refractivity contribution in [2.45, 2.75) is 0 Å². The maximum atomic E-state index is 13.4. The lowest BCUT2D eigenvalue weighted by atomic mass is 10.2. The van der Waals surface area contributed by atoms with Gasteiger partial charge in [-0.1, -0.05) is 6.07 Å². The Morgan fingerprint density at radius 1 is 1.32 bits per heavy atom. The van der Waals surface area contributed by atoms with Gasteiger partial charge in [0.1, 0.15) is 5.82 Å². The lowest BCUT2D eigenvalue weighted by Gasteiger charge is -2.10. The molecule has 0 aliphatic rings. The van der Waals surface area contributed by atoms with Crippen LogP contribution in [0.25, 0.3) is 0 Å². The highest BCUT2D eigenvalue weighted by molar-refractivity contribution is 8.08. The van der Waals surface area contributed by atoms with Crippen LogP contribution in [0.1, 0.15) is 10.4 Å². The molecule has 106 valence electrons. The van der Waals surface area contributed by atoms with Crippen LogP contribution >= 0.6 is 0 Å². The normalized spacial score (nSPS) is 12.1. The summed E-state index contributed by atoms with van der Waals surface area (Å²) in [6.45, 7) is 0. The van der Waals surface area contributed by atoms with Gasteiger partial charge in [0.2, 0.25) is 10.0 Å². The van der Waals surface area contributed by atoms with Gasteiger partial charge in [-0.3, -0.25) is 4.72 Å². The fourth-order valence-corrected chi connectivity index (χ4v) is 4.28. The molecule has 0 amide bonds. The number of aromatic carboxylic acids is 1. The van der Waals surface area contributed by atoms with Gasteiger partial charge < -0.3 is 5.11 Å². The Morgan fingerprint density at radius 3 is 2.37 bits per heavy atom. The van der Waals surface area contributed by atoms with Crippen LogP contribution in [0, 0.1) is 5.82 Å². The molecule has 1 aromatic rings. The summed E-state index contributed by atoms with van der Waals surface area (Å²) in [5.74, 6) is -2.66. The van der Waals surface area contributed by atoms with E-state index in [1.54, 1.807) is 4.72 Å². The fourth-order valence-electron chi connectivity index (χ4n) is 1.27. The predicted octanol–water partition coefficient (Wildman–Crippen LogP) is 0.268. The van der Waals surface area contributed by atoms with Gasteiger partial charge in [-0.05, 0) is 12.1 Å². The predicted molar refractivity (Wildman–Crippen MR) is 65.6 cm³/mol. The second kappa shape index (κ2) is 5.13. The van der Waals surface area contributed by atoms with Crippen molar-refractivity contribution in [1.82, 2.24) is 0 Å². The van der Waals surface area contributed by atoms with Gasteiger partial charge >= 0.3 is 5.97 Å². The Bertz CT molecular complexity index is 710. The first-order valence-electron chi connectivity index (χ1n) is 4.72. The molecule has 1 rings (SSSR count). The molecule has 0 spiro atoms. The van der Waals surface area contributed by atoms with Gasteiger partial charge in [0.25, 0.3) is 0 Å². The smallest absolute Gasteiger partial charge is 0.337 e. The summed E-state index contributed by atoms with van der Waals surface area (Å²) < 4.78 is 59.9. The van der Waals surface area contributed by atoms with Crippen molar-refractivity contribution < 1.29 is 31.1 Å². The molecule has 19 heavy (non-hydrogen) atoms. The van der Waals surface area contributed by atoms with Gasteiger partial charge in [-0.25, -0.2) is 26.0 Å². The number of para-hydroxylation sites is 1. The molecular weight excluding hydrogens is 301 g/mol. The van der Waals surface area contributed by atoms with Crippen molar-refractivity contribution in [3.63, 3.8) is 0 Å². The Labute approximate surface area is 109 Å². The highest BCUT2D eigenvalue weighted by Crippen LogP contribution is 2.21. The number of anilines is 1. The van der Waals surface area contributed by atoms with Crippen molar-refractivity contribution >= 4 is 31.5 Å². The summed E-state index contributed by atoms with van der Waals surface area (Å²) in [4.78, 5) is 10.8. The number of rotatable bonds is 5. The lowest BCUT2D eigenvalue weighted by Crippen LogP contribution is -2.24. The van der Waals surface area contributed by atoms with Crippen LogP contribution in [-0.4, -0.2) is 39.3 Å². The molecule has 1 aromatic carbocycles. The second-order valence-electron chi connectivity index (χ2n) is 3.73. The average molecular weight is 311 g/mol. The number of carboxylic acid groups (broad SMARTS) is 1. The highest BCUT2D eigenvalue weighted by Gasteiger charge is 2.23. The minimum Gasteiger partial charge on any atom is -0.478 e. The summed E-state index contributed by atoms with van der Waals surface area (Å²) in [6.07, 6.45) is 0.686. The summed E-state index contributed by atoms with van der Waals surface area (Å²) in [6, 6.07) is 2.93. The van der Waals surface area contributed by atoms with Crippen LogP contribution < -0.4 is 4.72 Å². The van der Waals surface area contributed by atoms with Crippen molar-refractivity contribution in [2.24, 2.45) is 0 Å². The molecule has 0 saturated heterocycles. The Hall–Kier alpha value is -1.68. The van der Waals surface area contributed by atoms with Gasteiger partial charge in [-0.2, -0.15) is 0 Å². The standard InChI is InChI=1S/C9H10FNO6S2/c1-18(14,15)5-19(16,17)11-8-6(9(12)13)3-2-4-7(8)10/h2-4,11H,5H2,1H3,(H,12,13). The third-order valence-electron chi connectivity index (χ3n) is 1.87. The number of benzene rings is 1. The monoisotopic (exact) mass is 311 g/mol. The lowest BCUT2D eigenvalue weighted by molar-refractivity contribution is 0.0697. The van der Waals surface area contributed by atoms with Crippen LogP contribution in [0.5, 0.6) is 0 Å². The molecule has 0 aliphatic heterocycles. The zero-order valence-corrected chi connectivity index (χ0v) is 11.3. The Balaban J connectivity index is 3.23. The van der Waals surface area contributed by atoms with E-state index in [1.165, 1.54) is 0 Å². The molecule has 2 N–H and O–H groups in total. The largest absolute Gasteiger partial charge is 0.478 e. The van der Waals surface area contributed by atoms with Crippen LogP contribution in [0.15, 0.2) is 18.2 Å². The zero-order valence-electron chi connectivity index (χ0n) is 9.62. The second-order valence-corrected chi connectivity index (χ2v) is 7.96. The van der Waals surface area contributed by atoms with E-state index in [0.717, 1.165) is 18.2 Å². The molecule has 0 unspecified atom stereocenters. The quantitative estimate of drug-likeness (QED) is 0.806. The van der Waals surface area contributed by atoms with Gasteiger partial charge in [0, 0.05) is 6.26 Å². The van der Waals surface area contributed by atoms with Crippen molar-refractivity contribution in [3.8, 4) is 0 Å². The summed E-state index contributed by atoms with van der Waals surface area (Å²) in [5, 5.41) is 7.53. The maximum absolute atomic E-state index is 13.4. The number of hydrogen-bond acceptors (Lipinski definition) is 5. The van der Waals surface area contributed by atoms with E-state index < -0.39 is 48.0 Å². The molecule has 0 aliphatic carbocycles. The SMILES string of the molecule is CS(=O)(=O)CS(=O)(=O)Nc1c(F)cccc1C(=O)O. The number of sulfone groups is 1. The van der Waals surface area contributed by atoms with Crippen LogP contribution in [0.3, 0.4) is 0 Å². The number of nitrogens with one attached hydrogen (secondary N) is 1. The molecule has 10 heteroatoms. The highest BCUT2D eigenvalue weighted by atomic mass is 32.3. The third kappa shape index (κ3) is 4.48. The van der Waals surface area contributed by atoms with Gasteiger partial charge in [0.15, 0.2) is 14.9 Å². The minimum atomic E-state index is -4.41. The first-order chi connectivity index (χ1) is 8.52. The Kier molecular flexibility index (Phi) is 4.15. The third-order valence-corrected chi connectivity index (χ3v) is 5.34. The fraction of sp³-hybridized carbons (Fsp3) is 0.222. The molecule has 0 aromatic heterocycles. The summed E-state index contributed by atoms with van der Waals surface area (Å²) in [5.41, 5.74) is -1.41. The van der Waals surface area contributed by atoms with Crippen molar-refractivity contribution in [1.29, 1.82) is 0 Å². The molecule has 0 saturated carbocycles. The molecule has 7 nitrogen and oxygen atoms in total. The van der Waals surface area contributed by atoms with E-state index in [0.29, 0.717) is 6.26 Å². The number of carbonyl (C=O) groups is 1. The average Bonchev–Trinajstić information content (AvgIpc) is 2.16. The maximum Gasteiger partial charge on any atom is 0.337 e. The first-order valence-corrected chi connectivity index (χ1v) is 8.43. The Morgan fingerprint density at radius 2 is 1.89 bits per heavy atom. The van der Waals surface area contributed by atoms with Crippen molar-refractivity contribution in [2.75, 3.05) is 16.1 Å². The van der Waals surface area contributed by atoms with Gasteiger partial charge in [-0.15, -0.1) is 0 Å². The van der Waals surface area contributed by atoms with E-state index in [9.17, 15) is 26.0 Å². The topological polar surface area (TPSA) is 118 Å². The van der Waals surface area contributed by atoms with E-state index in [2.05, 4.69) is 0 Å². The molecular formula is C9H10FNO6S2. The van der Waals surface area contributed by atoms with E-state index >= 15 is 0 Å². The zero-order chi connectivity index (χ0) is 14.8. The molecule has 0 bridgehead atoms. The summed E-state index contributed by atoms with van der Waals surface area (Å²) >= 11 is 0. The van der Waals surface area contributed by atoms with Crippen LogP contribution in [-0.2, 0) is 19.9 Å². The number of sulfonamides is 1. The van der Waals surface area contributed by atoms with Gasteiger partial charge in [0.05, 0.1) is 11.3 Å².